The number of nitrogens with zero attached hydrogens (tertiary/aromatic N) is 2. The van der Waals surface area contributed by atoms with Gasteiger partial charge in [0.1, 0.15) is 0 Å². The minimum absolute atomic E-state index is 0.277. The molecule has 0 bridgehead atoms. The number of carbonyl (C=O) groups excluding carboxylic acids is 1. The predicted molar refractivity (Wildman–Crippen MR) is 46.6 cm³/mol. The molecule has 0 aliphatic carbocycles. The Morgan fingerprint density at radius 3 is 3.31 bits per heavy atom. The molecule has 0 radical (unpaired) electrons. The van der Waals surface area contributed by atoms with E-state index < -0.39 is 0 Å². The fourth-order valence-electron chi connectivity index (χ4n) is 1.54. The zero-order chi connectivity index (χ0) is 9.10. The van der Waals surface area contributed by atoms with E-state index in [-0.39, 0.29) is 6.10 Å². The molecule has 1 aromatic rings. The average molecular weight is 180 g/mol. The summed E-state index contributed by atoms with van der Waals surface area (Å²) in [5.41, 5.74) is 0.623. The highest BCUT2D eigenvalue weighted by Gasteiger charge is 2.16. The fraction of sp³-hybridized carbons (Fsp3) is 0.556. The first-order chi connectivity index (χ1) is 6.38. The molecule has 1 aromatic heterocycles. The quantitative estimate of drug-likeness (QED) is 0.648. The van der Waals surface area contributed by atoms with Gasteiger partial charge in [-0.1, -0.05) is 0 Å². The van der Waals surface area contributed by atoms with Crippen LogP contribution in [0.15, 0.2) is 12.4 Å². The van der Waals surface area contributed by atoms with Crippen molar-refractivity contribution in [3.63, 3.8) is 0 Å². The Labute approximate surface area is 76.5 Å². The molecule has 1 fully saturated rings. The molecule has 2 heterocycles. The van der Waals surface area contributed by atoms with Gasteiger partial charge in [0.15, 0.2) is 6.29 Å². The Hall–Kier alpha value is -1.16. The minimum atomic E-state index is 0.277. The molecule has 70 valence electrons. The van der Waals surface area contributed by atoms with E-state index in [0.29, 0.717) is 5.56 Å². The molecular weight excluding hydrogens is 168 g/mol. The van der Waals surface area contributed by atoms with E-state index in [2.05, 4.69) is 5.10 Å². The van der Waals surface area contributed by atoms with Crippen LogP contribution in [-0.2, 0) is 11.3 Å². The molecule has 1 saturated heterocycles. The van der Waals surface area contributed by atoms with Crippen molar-refractivity contribution in [2.45, 2.75) is 25.5 Å². The summed E-state index contributed by atoms with van der Waals surface area (Å²) >= 11 is 0. The SMILES string of the molecule is O=Cc1cnn(CC2CCCO2)c1. The van der Waals surface area contributed by atoms with Gasteiger partial charge in [0.2, 0.25) is 0 Å². The predicted octanol–water partition coefficient (Wildman–Crippen LogP) is 0.875. The number of aromatic nitrogens is 2. The number of ether oxygens (including phenoxy) is 1. The monoisotopic (exact) mass is 180 g/mol. The second kappa shape index (κ2) is 3.70. The van der Waals surface area contributed by atoms with Crippen LogP contribution < -0.4 is 0 Å². The van der Waals surface area contributed by atoms with Gasteiger partial charge in [0.25, 0.3) is 0 Å². The lowest BCUT2D eigenvalue weighted by atomic mass is 10.2. The number of aldehydes is 1. The maximum absolute atomic E-state index is 10.4. The van der Waals surface area contributed by atoms with Gasteiger partial charge in [-0.15, -0.1) is 0 Å². The molecule has 4 heteroatoms. The Kier molecular flexibility index (Phi) is 2.40. The average Bonchev–Trinajstić information content (AvgIpc) is 2.76. The third-order valence-electron chi connectivity index (χ3n) is 2.20. The van der Waals surface area contributed by atoms with Crippen molar-refractivity contribution in [1.29, 1.82) is 0 Å². The molecule has 0 aromatic carbocycles. The highest BCUT2D eigenvalue weighted by atomic mass is 16.5. The maximum Gasteiger partial charge on any atom is 0.153 e. The van der Waals surface area contributed by atoms with Crippen LogP contribution in [0.25, 0.3) is 0 Å². The van der Waals surface area contributed by atoms with Crippen LogP contribution in [0.5, 0.6) is 0 Å². The largest absolute Gasteiger partial charge is 0.376 e. The lowest BCUT2D eigenvalue weighted by Gasteiger charge is -2.08. The molecule has 1 atom stereocenters. The minimum Gasteiger partial charge on any atom is -0.376 e. The van der Waals surface area contributed by atoms with Gasteiger partial charge in [-0.05, 0) is 12.8 Å². The van der Waals surface area contributed by atoms with Crippen molar-refractivity contribution in [3.8, 4) is 0 Å². The first kappa shape index (κ1) is 8.44. The molecule has 2 rings (SSSR count). The summed E-state index contributed by atoms with van der Waals surface area (Å²) in [6.07, 6.45) is 6.62. The first-order valence-electron chi connectivity index (χ1n) is 4.48. The molecule has 1 aliphatic rings. The topological polar surface area (TPSA) is 44.1 Å². The number of hydrogen-bond donors (Lipinski definition) is 0. The molecule has 0 spiro atoms. The van der Waals surface area contributed by atoms with E-state index in [1.807, 2.05) is 0 Å². The van der Waals surface area contributed by atoms with Crippen molar-refractivity contribution >= 4 is 6.29 Å². The molecule has 13 heavy (non-hydrogen) atoms. The first-order valence-corrected chi connectivity index (χ1v) is 4.48. The third kappa shape index (κ3) is 1.95. The summed E-state index contributed by atoms with van der Waals surface area (Å²) in [6.45, 7) is 1.61. The fourth-order valence-corrected chi connectivity index (χ4v) is 1.54. The van der Waals surface area contributed by atoms with Gasteiger partial charge in [-0.25, -0.2) is 0 Å². The van der Waals surface area contributed by atoms with Gasteiger partial charge in [0, 0.05) is 12.8 Å². The molecule has 0 saturated carbocycles. The highest BCUT2D eigenvalue weighted by molar-refractivity contribution is 5.73. The van der Waals surface area contributed by atoms with Crippen LogP contribution >= 0.6 is 0 Å². The summed E-state index contributed by atoms with van der Waals surface area (Å²) in [5.74, 6) is 0. The zero-order valence-electron chi connectivity index (χ0n) is 7.35. The Balaban J connectivity index is 1.96. The van der Waals surface area contributed by atoms with Crippen LogP contribution in [-0.4, -0.2) is 28.8 Å². The van der Waals surface area contributed by atoms with Gasteiger partial charge < -0.3 is 4.74 Å². The Morgan fingerprint density at radius 2 is 2.69 bits per heavy atom. The molecular formula is C9H12N2O2. The Bertz CT molecular complexity index is 290. The van der Waals surface area contributed by atoms with Crippen molar-refractivity contribution in [2.24, 2.45) is 0 Å². The number of rotatable bonds is 3. The van der Waals surface area contributed by atoms with E-state index in [4.69, 9.17) is 4.74 Å². The lowest BCUT2D eigenvalue weighted by molar-refractivity contribution is 0.0939. The molecule has 0 N–H and O–H groups in total. The summed E-state index contributed by atoms with van der Waals surface area (Å²) in [4.78, 5) is 10.4. The number of carbonyl (C=O) groups is 1. The zero-order valence-corrected chi connectivity index (χ0v) is 7.35. The van der Waals surface area contributed by atoms with Crippen molar-refractivity contribution < 1.29 is 9.53 Å². The Morgan fingerprint density at radius 1 is 1.77 bits per heavy atom. The second-order valence-electron chi connectivity index (χ2n) is 3.25. The molecule has 1 unspecified atom stereocenters. The van der Waals surface area contributed by atoms with Crippen molar-refractivity contribution in [3.05, 3.63) is 18.0 Å². The van der Waals surface area contributed by atoms with Crippen LogP contribution in [0, 0.1) is 0 Å². The van der Waals surface area contributed by atoms with E-state index >= 15 is 0 Å². The van der Waals surface area contributed by atoms with E-state index in [9.17, 15) is 4.79 Å². The normalized spacial score (nSPS) is 22.0. The van der Waals surface area contributed by atoms with Gasteiger partial charge in [0.05, 0.1) is 24.4 Å². The smallest absolute Gasteiger partial charge is 0.153 e. The van der Waals surface area contributed by atoms with Crippen molar-refractivity contribution in [2.75, 3.05) is 6.61 Å². The third-order valence-corrected chi connectivity index (χ3v) is 2.20. The summed E-state index contributed by atoms with van der Waals surface area (Å²) in [7, 11) is 0. The molecule has 4 nitrogen and oxygen atoms in total. The van der Waals surface area contributed by atoms with E-state index in [1.165, 1.54) is 0 Å². The second-order valence-corrected chi connectivity index (χ2v) is 3.25. The summed E-state index contributed by atoms with van der Waals surface area (Å²) in [6, 6.07) is 0. The number of hydrogen-bond acceptors (Lipinski definition) is 3. The summed E-state index contributed by atoms with van der Waals surface area (Å²) < 4.78 is 7.21. The molecule has 1 aliphatic heterocycles. The van der Waals surface area contributed by atoms with E-state index in [0.717, 1.165) is 32.3 Å². The summed E-state index contributed by atoms with van der Waals surface area (Å²) in [5, 5.41) is 4.06. The van der Waals surface area contributed by atoms with Gasteiger partial charge >= 0.3 is 0 Å². The van der Waals surface area contributed by atoms with Crippen LogP contribution in [0.4, 0.5) is 0 Å². The van der Waals surface area contributed by atoms with Gasteiger partial charge in [-0.2, -0.15) is 5.10 Å². The van der Waals surface area contributed by atoms with E-state index in [1.54, 1.807) is 17.1 Å². The highest BCUT2D eigenvalue weighted by Crippen LogP contribution is 2.13. The standard InChI is InChI=1S/C9H12N2O2/c12-7-8-4-10-11(5-8)6-9-2-1-3-13-9/h4-5,7,9H,1-3,6H2. The van der Waals surface area contributed by atoms with Crippen LogP contribution in [0.2, 0.25) is 0 Å². The van der Waals surface area contributed by atoms with Crippen LogP contribution in [0.3, 0.4) is 0 Å². The molecule has 0 amide bonds. The van der Waals surface area contributed by atoms with Gasteiger partial charge in [-0.3, -0.25) is 9.48 Å². The van der Waals surface area contributed by atoms with Crippen molar-refractivity contribution in [1.82, 2.24) is 9.78 Å². The maximum atomic E-state index is 10.4. The lowest BCUT2D eigenvalue weighted by Crippen LogP contribution is -2.15. The van der Waals surface area contributed by atoms with Crippen LogP contribution in [0.1, 0.15) is 23.2 Å².